The molecule has 1 heterocycles. The minimum absolute atomic E-state index is 0.248. The van der Waals surface area contributed by atoms with Gasteiger partial charge < -0.3 is 15.0 Å². The number of hydrogen-bond acceptors (Lipinski definition) is 3. The predicted octanol–water partition coefficient (Wildman–Crippen LogP) is 2.06. The second-order valence-corrected chi connectivity index (χ2v) is 5.24. The minimum atomic E-state index is 0.248. The largest absolute Gasteiger partial charge is 0.494 e. The van der Waals surface area contributed by atoms with Gasteiger partial charge in [-0.1, -0.05) is 18.2 Å². The number of amides is 1. The van der Waals surface area contributed by atoms with E-state index in [9.17, 15) is 4.79 Å². The van der Waals surface area contributed by atoms with Crippen LogP contribution in [0.2, 0.25) is 0 Å². The van der Waals surface area contributed by atoms with Gasteiger partial charge in [-0.25, -0.2) is 0 Å². The molecule has 4 nitrogen and oxygen atoms in total. The molecule has 1 aliphatic rings. The number of hydrogen-bond donors (Lipinski definition) is 1. The molecule has 20 heavy (non-hydrogen) atoms. The second kappa shape index (κ2) is 7.90. The van der Waals surface area contributed by atoms with Gasteiger partial charge in [0.2, 0.25) is 5.91 Å². The lowest BCUT2D eigenvalue weighted by atomic mass is 10.2. The van der Waals surface area contributed by atoms with Gasteiger partial charge in [-0.2, -0.15) is 0 Å². The van der Waals surface area contributed by atoms with Crippen molar-refractivity contribution in [2.75, 3.05) is 26.2 Å². The first-order valence-electron chi connectivity index (χ1n) is 7.45. The van der Waals surface area contributed by atoms with E-state index in [1.54, 1.807) is 0 Å². The number of carbonyl (C=O) groups is 1. The summed E-state index contributed by atoms with van der Waals surface area (Å²) in [5.74, 6) is 1.12. The zero-order valence-electron chi connectivity index (χ0n) is 12.2. The van der Waals surface area contributed by atoms with Crippen LogP contribution in [-0.2, 0) is 4.79 Å². The van der Waals surface area contributed by atoms with Gasteiger partial charge >= 0.3 is 0 Å². The van der Waals surface area contributed by atoms with Gasteiger partial charge in [0.1, 0.15) is 5.75 Å². The van der Waals surface area contributed by atoms with E-state index in [4.69, 9.17) is 4.74 Å². The fourth-order valence-electron chi connectivity index (χ4n) is 2.46. The van der Waals surface area contributed by atoms with Crippen molar-refractivity contribution < 1.29 is 9.53 Å². The molecule has 1 unspecified atom stereocenters. The molecule has 1 N–H and O–H groups in total. The third kappa shape index (κ3) is 4.53. The molecule has 0 radical (unpaired) electrons. The smallest absolute Gasteiger partial charge is 0.222 e. The summed E-state index contributed by atoms with van der Waals surface area (Å²) in [6.07, 6.45) is 2.37. The summed E-state index contributed by atoms with van der Waals surface area (Å²) in [4.78, 5) is 14.2. The summed E-state index contributed by atoms with van der Waals surface area (Å²) in [5, 5.41) is 3.33. The second-order valence-electron chi connectivity index (χ2n) is 5.24. The third-order valence-electron chi connectivity index (χ3n) is 3.67. The maximum atomic E-state index is 12.2. The highest BCUT2D eigenvalue weighted by atomic mass is 16.5. The first-order valence-corrected chi connectivity index (χ1v) is 7.45. The van der Waals surface area contributed by atoms with E-state index in [0.29, 0.717) is 19.1 Å². The van der Waals surface area contributed by atoms with Crippen LogP contribution < -0.4 is 10.1 Å². The Bertz CT molecular complexity index is 408. The summed E-state index contributed by atoms with van der Waals surface area (Å²) in [5.41, 5.74) is 0. The van der Waals surface area contributed by atoms with Crippen LogP contribution in [0.4, 0.5) is 0 Å². The molecule has 1 atom stereocenters. The summed E-state index contributed by atoms with van der Waals surface area (Å²) < 4.78 is 5.61. The van der Waals surface area contributed by atoms with E-state index < -0.39 is 0 Å². The molecule has 1 amide bonds. The zero-order valence-corrected chi connectivity index (χ0v) is 12.2. The van der Waals surface area contributed by atoms with Crippen LogP contribution in [0.3, 0.4) is 0 Å². The molecule has 1 fully saturated rings. The van der Waals surface area contributed by atoms with Crippen molar-refractivity contribution in [3.8, 4) is 5.75 Å². The van der Waals surface area contributed by atoms with Crippen LogP contribution in [0, 0.1) is 0 Å². The molecule has 1 aliphatic heterocycles. The number of nitrogens with zero attached hydrogens (tertiary/aromatic N) is 1. The standard InChI is InChI=1S/C16H24N2O2/c1-14-9-10-17-11-12-18(14)16(19)8-5-13-20-15-6-3-2-4-7-15/h2-4,6-7,14,17H,5,8-13H2,1H3. The Balaban J connectivity index is 1.69. The van der Waals surface area contributed by atoms with E-state index in [1.807, 2.05) is 35.2 Å². The SMILES string of the molecule is CC1CCNCCN1C(=O)CCCOc1ccccc1. The highest BCUT2D eigenvalue weighted by Crippen LogP contribution is 2.11. The lowest BCUT2D eigenvalue weighted by molar-refractivity contribution is -0.133. The summed E-state index contributed by atoms with van der Waals surface area (Å²) in [7, 11) is 0. The Hall–Kier alpha value is -1.55. The van der Waals surface area contributed by atoms with Gasteiger partial charge in [0.25, 0.3) is 0 Å². The summed E-state index contributed by atoms with van der Waals surface area (Å²) in [6, 6.07) is 10.1. The van der Waals surface area contributed by atoms with Gasteiger partial charge in [-0.3, -0.25) is 4.79 Å². The van der Waals surface area contributed by atoms with E-state index >= 15 is 0 Å². The Morgan fingerprint density at radius 3 is 2.95 bits per heavy atom. The number of rotatable bonds is 5. The van der Waals surface area contributed by atoms with Crippen LogP contribution in [0.25, 0.3) is 0 Å². The predicted molar refractivity (Wildman–Crippen MR) is 79.8 cm³/mol. The zero-order chi connectivity index (χ0) is 14.2. The van der Waals surface area contributed by atoms with Crippen molar-refractivity contribution >= 4 is 5.91 Å². The van der Waals surface area contributed by atoms with Crippen molar-refractivity contribution in [3.05, 3.63) is 30.3 Å². The number of benzene rings is 1. The van der Waals surface area contributed by atoms with Crippen molar-refractivity contribution in [1.29, 1.82) is 0 Å². The highest BCUT2D eigenvalue weighted by molar-refractivity contribution is 5.76. The number of para-hydroxylation sites is 1. The fraction of sp³-hybridized carbons (Fsp3) is 0.562. The quantitative estimate of drug-likeness (QED) is 0.837. The summed E-state index contributed by atoms with van der Waals surface area (Å²) in [6.45, 7) is 5.44. The molecule has 1 saturated heterocycles. The van der Waals surface area contributed by atoms with Gasteiger partial charge in [0.05, 0.1) is 6.61 Å². The van der Waals surface area contributed by atoms with Crippen LogP contribution in [0.15, 0.2) is 30.3 Å². The molecular formula is C16H24N2O2. The average Bonchev–Trinajstić information content (AvgIpc) is 2.69. The van der Waals surface area contributed by atoms with Gasteiger partial charge in [-0.05, 0) is 38.4 Å². The van der Waals surface area contributed by atoms with E-state index in [-0.39, 0.29) is 5.91 Å². The van der Waals surface area contributed by atoms with Gasteiger partial charge in [0.15, 0.2) is 0 Å². The van der Waals surface area contributed by atoms with Crippen LogP contribution >= 0.6 is 0 Å². The Labute approximate surface area is 121 Å². The maximum Gasteiger partial charge on any atom is 0.222 e. The molecule has 2 rings (SSSR count). The minimum Gasteiger partial charge on any atom is -0.494 e. The van der Waals surface area contributed by atoms with Crippen molar-refractivity contribution in [2.24, 2.45) is 0 Å². The number of carbonyl (C=O) groups excluding carboxylic acids is 1. The molecule has 0 aromatic heterocycles. The molecule has 110 valence electrons. The molecule has 4 heteroatoms. The normalized spacial score (nSPS) is 19.4. The first-order chi connectivity index (χ1) is 9.77. The Morgan fingerprint density at radius 2 is 2.15 bits per heavy atom. The molecule has 0 saturated carbocycles. The topological polar surface area (TPSA) is 41.6 Å². The third-order valence-corrected chi connectivity index (χ3v) is 3.67. The Morgan fingerprint density at radius 1 is 1.35 bits per heavy atom. The van der Waals surface area contributed by atoms with E-state index in [2.05, 4.69) is 12.2 Å². The molecule has 0 bridgehead atoms. The number of nitrogens with one attached hydrogen (secondary N) is 1. The first kappa shape index (κ1) is 14.9. The van der Waals surface area contributed by atoms with Crippen molar-refractivity contribution in [2.45, 2.75) is 32.2 Å². The van der Waals surface area contributed by atoms with Crippen LogP contribution in [0.1, 0.15) is 26.2 Å². The highest BCUT2D eigenvalue weighted by Gasteiger charge is 2.21. The van der Waals surface area contributed by atoms with Crippen molar-refractivity contribution in [3.63, 3.8) is 0 Å². The summed E-state index contributed by atoms with van der Waals surface area (Å²) >= 11 is 0. The lowest BCUT2D eigenvalue weighted by Crippen LogP contribution is -2.39. The average molecular weight is 276 g/mol. The van der Waals surface area contributed by atoms with E-state index in [1.165, 1.54) is 0 Å². The van der Waals surface area contributed by atoms with E-state index in [0.717, 1.165) is 38.2 Å². The molecule has 1 aromatic carbocycles. The van der Waals surface area contributed by atoms with Gasteiger partial charge in [0, 0.05) is 25.6 Å². The lowest BCUT2D eigenvalue weighted by Gasteiger charge is -2.26. The number of ether oxygens (including phenoxy) is 1. The van der Waals surface area contributed by atoms with Gasteiger partial charge in [-0.15, -0.1) is 0 Å². The molecular weight excluding hydrogens is 252 g/mol. The molecule has 0 spiro atoms. The fourth-order valence-corrected chi connectivity index (χ4v) is 2.46. The maximum absolute atomic E-state index is 12.2. The van der Waals surface area contributed by atoms with Crippen molar-refractivity contribution in [1.82, 2.24) is 10.2 Å². The molecule has 1 aromatic rings. The Kier molecular flexibility index (Phi) is 5.87. The van der Waals surface area contributed by atoms with Crippen LogP contribution in [-0.4, -0.2) is 43.1 Å². The monoisotopic (exact) mass is 276 g/mol. The molecule has 0 aliphatic carbocycles. The van der Waals surface area contributed by atoms with Crippen LogP contribution in [0.5, 0.6) is 5.75 Å².